The van der Waals surface area contributed by atoms with Gasteiger partial charge in [-0.1, -0.05) is 24.3 Å². The summed E-state index contributed by atoms with van der Waals surface area (Å²) in [5.41, 5.74) is 6.35. The van der Waals surface area contributed by atoms with Crippen molar-refractivity contribution in [1.82, 2.24) is 4.90 Å². The maximum absolute atomic E-state index is 13.3. The van der Waals surface area contributed by atoms with Crippen LogP contribution in [0, 0.1) is 6.92 Å². The molecule has 1 N–H and O–H groups in total. The molecule has 7 heteroatoms. The van der Waals surface area contributed by atoms with Gasteiger partial charge in [0.2, 0.25) is 0 Å². The molecule has 2 aromatic rings. The standard InChI is InChI=1S/C30H31BrN2O4/c1-3-33-22-10-6-12-24(34)29(22)28(30-23(33)11-7-13-25(30)35)19-14-15-26(20(31)16-19)37-17-27(36)32-21-9-5-4-8-18(21)2/h4-5,8-9,14-16,28H,3,6-7,10-13,17H2,1-2H3,(H,32,36). The molecule has 5 rings (SSSR count). The zero-order valence-electron chi connectivity index (χ0n) is 21.2. The van der Waals surface area contributed by atoms with E-state index in [0.29, 0.717) is 23.1 Å². The van der Waals surface area contributed by atoms with Crippen LogP contribution in [0.15, 0.2) is 69.5 Å². The van der Waals surface area contributed by atoms with Crippen LogP contribution in [0.25, 0.3) is 0 Å². The number of hydrogen-bond donors (Lipinski definition) is 1. The average molecular weight is 563 g/mol. The highest BCUT2D eigenvalue weighted by Gasteiger charge is 2.42. The van der Waals surface area contributed by atoms with Crippen LogP contribution in [0.2, 0.25) is 0 Å². The zero-order valence-corrected chi connectivity index (χ0v) is 22.8. The number of aryl methyl sites for hydroxylation is 1. The van der Waals surface area contributed by atoms with Crippen molar-refractivity contribution in [3.8, 4) is 5.75 Å². The molecule has 192 valence electrons. The van der Waals surface area contributed by atoms with Crippen molar-refractivity contribution in [1.29, 1.82) is 0 Å². The molecule has 0 aromatic heterocycles. The van der Waals surface area contributed by atoms with E-state index in [9.17, 15) is 14.4 Å². The molecule has 0 fully saturated rings. The number of nitrogens with zero attached hydrogens (tertiary/aromatic N) is 1. The Hall–Kier alpha value is -3.19. The first-order valence-electron chi connectivity index (χ1n) is 13.0. The SMILES string of the molecule is CCN1C2=C(C(=O)CCC2)C(c2ccc(OCC(=O)Nc3ccccc3C)c(Br)c2)C2=C1CCCC2=O. The van der Waals surface area contributed by atoms with Gasteiger partial charge in [0.25, 0.3) is 5.91 Å². The van der Waals surface area contributed by atoms with Gasteiger partial charge in [-0.05, 0) is 84.8 Å². The number of carbonyl (C=O) groups is 3. The van der Waals surface area contributed by atoms with Crippen molar-refractivity contribution in [2.24, 2.45) is 0 Å². The second-order valence-electron chi connectivity index (χ2n) is 9.79. The number of ketones is 2. The topological polar surface area (TPSA) is 75.7 Å². The lowest BCUT2D eigenvalue weighted by molar-refractivity contribution is -0.118. The van der Waals surface area contributed by atoms with Gasteiger partial charge in [-0.3, -0.25) is 14.4 Å². The van der Waals surface area contributed by atoms with Crippen LogP contribution >= 0.6 is 15.9 Å². The van der Waals surface area contributed by atoms with Crippen LogP contribution in [0.1, 0.15) is 62.5 Å². The van der Waals surface area contributed by atoms with E-state index in [0.717, 1.165) is 71.6 Å². The van der Waals surface area contributed by atoms with E-state index in [2.05, 4.69) is 33.1 Å². The van der Waals surface area contributed by atoms with Crippen molar-refractivity contribution in [3.63, 3.8) is 0 Å². The number of carbonyl (C=O) groups excluding carboxylic acids is 3. The van der Waals surface area contributed by atoms with Gasteiger partial charge in [0.05, 0.1) is 4.47 Å². The molecule has 0 bridgehead atoms. The monoisotopic (exact) mass is 562 g/mol. The number of allylic oxidation sites excluding steroid dienone is 4. The predicted molar refractivity (Wildman–Crippen MR) is 146 cm³/mol. The average Bonchev–Trinajstić information content (AvgIpc) is 2.88. The number of anilines is 1. The zero-order chi connectivity index (χ0) is 26.1. The number of Topliss-reactive ketones (excluding diaryl/α,β-unsaturated/α-hetero) is 2. The number of benzene rings is 2. The van der Waals surface area contributed by atoms with Crippen LogP contribution in [-0.2, 0) is 14.4 Å². The van der Waals surface area contributed by atoms with E-state index >= 15 is 0 Å². The van der Waals surface area contributed by atoms with Gasteiger partial charge >= 0.3 is 0 Å². The van der Waals surface area contributed by atoms with Gasteiger partial charge in [0, 0.05) is 53.5 Å². The summed E-state index contributed by atoms with van der Waals surface area (Å²) in [6.07, 6.45) is 4.44. The quantitative estimate of drug-likeness (QED) is 0.453. The Balaban J connectivity index is 1.43. The maximum atomic E-state index is 13.3. The Kier molecular flexibility index (Phi) is 7.33. The van der Waals surface area contributed by atoms with Gasteiger partial charge in [-0.2, -0.15) is 0 Å². The molecular formula is C30H31BrN2O4. The molecular weight excluding hydrogens is 532 g/mol. The Labute approximate surface area is 225 Å². The van der Waals surface area contributed by atoms with Crippen molar-refractivity contribution < 1.29 is 19.1 Å². The molecule has 1 aliphatic heterocycles. The smallest absolute Gasteiger partial charge is 0.262 e. The summed E-state index contributed by atoms with van der Waals surface area (Å²) >= 11 is 3.61. The van der Waals surface area contributed by atoms with Crippen LogP contribution in [0.4, 0.5) is 5.69 Å². The van der Waals surface area contributed by atoms with Gasteiger partial charge < -0.3 is 15.0 Å². The fourth-order valence-corrected chi connectivity index (χ4v) is 6.30. The Morgan fingerprint density at radius 1 is 1.00 bits per heavy atom. The molecule has 0 spiro atoms. The summed E-state index contributed by atoms with van der Waals surface area (Å²) in [6.45, 7) is 4.65. The van der Waals surface area contributed by atoms with Crippen molar-refractivity contribution in [2.45, 2.75) is 58.3 Å². The fraction of sp³-hybridized carbons (Fsp3) is 0.367. The van der Waals surface area contributed by atoms with E-state index in [-0.39, 0.29) is 30.0 Å². The Bertz CT molecular complexity index is 1300. The highest BCUT2D eigenvalue weighted by Crippen LogP contribution is 2.49. The summed E-state index contributed by atoms with van der Waals surface area (Å²) in [4.78, 5) is 41.2. The lowest BCUT2D eigenvalue weighted by atomic mass is 9.71. The molecule has 2 aliphatic carbocycles. The number of nitrogens with one attached hydrogen (secondary N) is 1. The molecule has 6 nitrogen and oxygen atoms in total. The normalized spacial score (nSPS) is 18.1. The summed E-state index contributed by atoms with van der Waals surface area (Å²) in [5.74, 6) is 0.200. The molecule has 1 heterocycles. The molecule has 2 aromatic carbocycles. The predicted octanol–water partition coefficient (Wildman–Crippen LogP) is 6.21. The molecule has 0 unspecified atom stereocenters. The van der Waals surface area contributed by atoms with Crippen molar-refractivity contribution in [2.75, 3.05) is 18.5 Å². The summed E-state index contributed by atoms with van der Waals surface area (Å²) in [5, 5.41) is 2.87. The van der Waals surface area contributed by atoms with Crippen LogP contribution in [0.3, 0.4) is 0 Å². The molecule has 37 heavy (non-hydrogen) atoms. The van der Waals surface area contributed by atoms with Gasteiger partial charge in [0.1, 0.15) is 5.75 Å². The molecule has 1 amide bonds. The first-order valence-corrected chi connectivity index (χ1v) is 13.8. The second-order valence-corrected chi connectivity index (χ2v) is 10.6. The van der Waals surface area contributed by atoms with Gasteiger partial charge in [-0.25, -0.2) is 0 Å². The molecule has 0 atom stereocenters. The van der Waals surface area contributed by atoms with E-state index in [1.807, 2.05) is 49.4 Å². The number of amides is 1. The third-order valence-corrected chi connectivity index (χ3v) is 8.09. The fourth-order valence-electron chi connectivity index (χ4n) is 5.79. The molecule has 0 saturated carbocycles. The summed E-state index contributed by atoms with van der Waals surface area (Å²) < 4.78 is 6.50. The summed E-state index contributed by atoms with van der Waals surface area (Å²) in [6, 6.07) is 13.3. The van der Waals surface area contributed by atoms with E-state index in [1.165, 1.54) is 0 Å². The Morgan fingerprint density at radius 2 is 1.65 bits per heavy atom. The second kappa shape index (κ2) is 10.7. The van der Waals surface area contributed by atoms with Crippen LogP contribution in [0.5, 0.6) is 5.75 Å². The van der Waals surface area contributed by atoms with Gasteiger partial charge in [0.15, 0.2) is 18.2 Å². The molecule has 0 radical (unpaired) electrons. The van der Waals surface area contributed by atoms with E-state index in [4.69, 9.17) is 4.74 Å². The number of hydrogen-bond acceptors (Lipinski definition) is 5. The summed E-state index contributed by atoms with van der Waals surface area (Å²) in [7, 11) is 0. The molecule has 3 aliphatic rings. The third-order valence-electron chi connectivity index (χ3n) is 7.47. The van der Waals surface area contributed by atoms with Crippen LogP contribution in [-0.4, -0.2) is 35.5 Å². The maximum Gasteiger partial charge on any atom is 0.262 e. The lowest BCUT2D eigenvalue weighted by Gasteiger charge is -2.43. The van der Waals surface area contributed by atoms with Crippen LogP contribution < -0.4 is 10.1 Å². The third kappa shape index (κ3) is 4.89. The first-order chi connectivity index (χ1) is 17.9. The van der Waals surface area contributed by atoms with Gasteiger partial charge in [-0.15, -0.1) is 0 Å². The van der Waals surface area contributed by atoms with E-state index in [1.54, 1.807) is 0 Å². The molecule has 0 saturated heterocycles. The number of ether oxygens (including phenoxy) is 1. The number of rotatable bonds is 6. The minimum atomic E-state index is -0.358. The number of para-hydroxylation sites is 1. The first kappa shape index (κ1) is 25.5. The minimum absolute atomic E-state index is 0.136. The van der Waals surface area contributed by atoms with E-state index < -0.39 is 0 Å². The lowest BCUT2D eigenvalue weighted by Crippen LogP contribution is -2.39. The highest BCUT2D eigenvalue weighted by atomic mass is 79.9. The Morgan fingerprint density at radius 3 is 2.24 bits per heavy atom. The van der Waals surface area contributed by atoms with Crippen molar-refractivity contribution in [3.05, 3.63) is 80.6 Å². The van der Waals surface area contributed by atoms with Crippen molar-refractivity contribution >= 4 is 39.1 Å². The highest BCUT2D eigenvalue weighted by molar-refractivity contribution is 9.10. The largest absolute Gasteiger partial charge is 0.483 e. The number of halogens is 1. The minimum Gasteiger partial charge on any atom is -0.483 e.